The number of aromatic nitrogens is 3. The average molecular weight is 233 g/mol. The molecule has 0 aliphatic heterocycles. The highest BCUT2D eigenvalue weighted by atomic mass is 16.4. The van der Waals surface area contributed by atoms with E-state index in [1.165, 1.54) is 0 Å². The van der Waals surface area contributed by atoms with Gasteiger partial charge in [0.2, 0.25) is 5.89 Å². The molecule has 0 saturated carbocycles. The molecule has 2 heterocycles. The molecule has 0 bridgehead atoms. The molecule has 90 valence electrons. The molecule has 2 rings (SSSR count). The lowest BCUT2D eigenvalue weighted by Crippen LogP contribution is -2.04. The molecule has 6 nitrogen and oxygen atoms in total. The van der Waals surface area contributed by atoms with Crippen LogP contribution in [0.3, 0.4) is 0 Å². The van der Waals surface area contributed by atoms with Gasteiger partial charge in [0.25, 0.3) is 0 Å². The Morgan fingerprint density at radius 2 is 2.18 bits per heavy atom. The van der Waals surface area contributed by atoms with Crippen molar-refractivity contribution in [3.8, 4) is 0 Å². The molecule has 6 heteroatoms. The Bertz CT molecular complexity index is 482. The molecule has 2 N–H and O–H groups in total. The Balaban J connectivity index is 1.95. The molecule has 0 spiro atoms. The van der Waals surface area contributed by atoms with Crippen molar-refractivity contribution in [1.29, 1.82) is 0 Å². The second-order valence-electron chi connectivity index (χ2n) is 3.69. The monoisotopic (exact) mass is 233 g/mol. The Hall–Kier alpha value is -1.95. The van der Waals surface area contributed by atoms with Crippen LogP contribution < -0.4 is 10.6 Å². The van der Waals surface area contributed by atoms with E-state index in [2.05, 4.69) is 25.8 Å². The molecule has 0 aliphatic carbocycles. The summed E-state index contributed by atoms with van der Waals surface area (Å²) < 4.78 is 5.37. The smallest absolute Gasteiger partial charge is 0.315 e. The molecule has 2 aromatic rings. The minimum atomic E-state index is 0.437. The lowest BCUT2D eigenvalue weighted by atomic mass is 10.2. The van der Waals surface area contributed by atoms with Gasteiger partial charge in [0.15, 0.2) is 0 Å². The van der Waals surface area contributed by atoms with Crippen LogP contribution in [0.2, 0.25) is 0 Å². The minimum Gasteiger partial charge on any atom is -0.407 e. The Morgan fingerprint density at radius 3 is 2.94 bits per heavy atom. The summed E-state index contributed by atoms with van der Waals surface area (Å²) >= 11 is 0. The molecular weight excluding hydrogens is 218 g/mol. The van der Waals surface area contributed by atoms with Gasteiger partial charge in [-0.3, -0.25) is 4.98 Å². The van der Waals surface area contributed by atoms with Gasteiger partial charge in [0, 0.05) is 18.9 Å². The zero-order chi connectivity index (χ0) is 12.1. The van der Waals surface area contributed by atoms with Crippen LogP contribution in [0.4, 0.5) is 6.01 Å². The van der Waals surface area contributed by atoms with Crippen LogP contribution in [0.25, 0.3) is 0 Å². The van der Waals surface area contributed by atoms with Crippen molar-refractivity contribution in [2.75, 3.05) is 12.4 Å². The highest BCUT2D eigenvalue weighted by Gasteiger charge is 2.05. The quantitative estimate of drug-likeness (QED) is 0.805. The maximum Gasteiger partial charge on any atom is 0.315 e. The highest BCUT2D eigenvalue weighted by Crippen LogP contribution is 2.10. The van der Waals surface area contributed by atoms with Gasteiger partial charge < -0.3 is 15.1 Å². The summed E-state index contributed by atoms with van der Waals surface area (Å²) in [6.45, 7) is 3.24. The molecular formula is C11H15N5O. The highest BCUT2D eigenvalue weighted by molar-refractivity contribution is 5.27. The van der Waals surface area contributed by atoms with Gasteiger partial charge in [-0.2, -0.15) is 0 Å². The fourth-order valence-electron chi connectivity index (χ4n) is 1.42. The van der Waals surface area contributed by atoms with Gasteiger partial charge in [-0.1, -0.05) is 5.10 Å². The fraction of sp³-hybridized carbons (Fsp3) is 0.364. The third-order valence-electron chi connectivity index (χ3n) is 2.36. The normalized spacial score (nSPS) is 10.5. The molecule has 0 amide bonds. The van der Waals surface area contributed by atoms with E-state index in [9.17, 15) is 0 Å². The van der Waals surface area contributed by atoms with Crippen LogP contribution in [0.5, 0.6) is 0 Å². The maximum atomic E-state index is 5.37. The molecule has 0 unspecified atom stereocenters. The fourth-order valence-corrected chi connectivity index (χ4v) is 1.42. The van der Waals surface area contributed by atoms with Gasteiger partial charge in [-0.15, -0.1) is 5.10 Å². The van der Waals surface area contributed by atoms with Gasteiger partial charge >= 0.3 is 6.01 Å². The summed E-state index contributed by atoms with van der Waals surface area (Å²) in [5.74, 6) is 0.571. The second kappa shape index (κ2) is 5.40. The lowest BCUT2D eigenvalue weighted by molar-refractivity contribution is 0.489. The molecule has 0 aliphatic rings. The zero-order valence-electron chi connectivity index (χ0n) is 9.90. The van der Waals surface area contributed by atoms with Crippen LogP contribution in [0.15, 0.2) is 22.9 Å². The van der Waals surface area contributed by atoms with Crippen molar-refractivity contribution in [1.82, 2.24) is 20.5 Å². The Labute approximate surface area is 99.5 Å². The second-order valence-corrected chi connectivity index (χ2v) is 3.69. The van der Waals surface area contributed by atoms with E-state index >= 15 is 0 Å². The van der Waals surface area contributed by atoms with E-state index in [0.717, 1.165) is 11.1 Å². The number of pyridine rings is 1. The summed E-state index contributed by atoms with van der Waals surface area (Å²) in [5.41, 5.74) is 2.29. The molecule has 0 radical (unpaired) electrons. The Kier molecular flexibility index (Phi) is 3.66. The summed E-state index contributed by atoms with van der Waals surface area (Å²) in [6.07, 6.45) is 3.60. The van der Waals surface area contributed by atoms with Crippen molar-refractivity contribution in [3.05, 3.63) is 35.5 Å². The number of nitrogens with zero attached hydrogens (tertiary/aromatic N) is 3. The number of hydrogen-bond acceptors (Lipinski definition) is 6. The van der Waals surface area contributed by atoms with Gasteiger partial charge in [0.1, 0.15) is 0 Å². The predicted molar refractivity (Wildman–Crippen MR) is 63.4 cm³/mol. The van der Waals surface area contributed by atoms with E-state index in [4.69, 9.17) is 4.42 Å². The minimum absolute atomic E-state index is 0.437. The average Bonchev–Trinajstić information content (AvgIpc) is 2.76. The third-order valence-corrected chi connectivity index (χ3v) is 2.36. The number of aryl methyl sites for hydroxylation is 1. The topological polar surface area (TPSA) is 75.9 Å². The largest absolute Gasteiger partial charge is 0.407 e. The number of nitrogens with one attached hydrogen (secondary N) is 2. The molecule has 0 fully saturated rings. The third kappa shape index (κ3) is 3.01. The standard InChI is InChI=1S/C11H15N5O/c1-8-5-13-4-3-9(8)6-14-11-16-15-10(17-11)7-12-2/h3-5,12H,6-7H2,1-2H3,(H,14,16). The van der Waals surface area contributed by atoms with E-state index in [0.29, 0.717) is 25.0 Å². The van der Waals surface area contributed by atoms with Crippen molar-refractivity contribution in [2.45, 2.75) is 20.0 Å². The van der Waals surface area contributed by atoms with Crippen molar-refractivity contribution < 1.29 is 4.42 Å². The van der Waals surface area contributed by atoms with Crippen molar-refractivity contribution >= 4 is 6.01 Å². The summed E-state index contributed by atoms with van der Waals surface area (Å²) in [7, 11) is 1.83. The lowest BCUT2D eigenvalue weighted by Gasteiger charge is -2.04. The molecule has 17 heavy (non-hydrogen) atoms. The van der Waals surface area contributed by atoms with Crippen LogP contribution in [0.1, 0.15) is 17.0 Å². The van der Waals surface area contributed by atoms with E-state index in [-0.39, 0.29) is 0 Å². The first-order chi connectivity index (χ1) is 8.29. The van der Waals surface area contributed by atoms with Crippen LogP contribution >= 0.6 is 0 Å². The van der Waals surface area contributed by atoms with Gasteiger partial charge in [0.05, 0.1) is 6.54 Å². The first kappa shape index (κ1) is 11.5. The first-order valence-corrected chi connectivity index (χ1v) is 5.40. The number of anilines is 1. The van der Waals surface area contributed by atoms with Crippen molar-refractivity contribution in [2.24, 2.45) is 0 Å². The van der Waals surface area contributed by atoms with Crippen LogP contribution in [-0.4, -0.2) is 22.2 Å². The molecule has 0 atom stereocenters. The zero-order valence-corrected chi connectivity index (χ0v) is 9.90. The molecule has 2 aromatic heterocycles. The predicted octanol–water partition coefficient (Wildman–Crippen LogP) is 1.10. The maximum absolute atomic E-state index is 5.37. The van der Waals surface area contributed by atoms with Crippen LogP contribution in [-0.2, 0) is 13.1 Å². The van der Waals surface area contributed by atoms with Gasteiger partial charge in [-0.25, -0.2) is 0 Å². The molecule has 0 aromatic carbocycles. The van der Waals surface area contributed by atoms with Crippen LogP contribution in [0, 0.1) is 6.92 Å². The number of rotatable bonds is 5. The van der Waals surface area contributed by atoms with E-state index in [1.807, 2.05) is 26.2 Å². The summed E-state index contributed by atoms with van der Waals surface area (Å²) in [4.78, 5) is 4.04. The first-order valence-electron chi connectivity index (χ1n) is 5.40. The summed E-state index contributed by atoms with van der Waals surface area (Å²) in [5, 5.41) is 13.8. The summed E-state index contributed by atoms with van der Waals surface area (Å²) in [6, 6.07) is 2.40. The Morgan fingerprint density at radius 1 is 1.29 bits per heavy atom. The molecule has 0 saturated heterocycles. The van der Waals surface area contributed by atoms with E-state index in [1.54, 1.807) is 6.20 Å². The van der Waals surface area contributed by atoms with Crippen molar-refractivity contribution in [3.63, 3.8) is 0 Å². The number of hydrogen-bond donors (Lipinski definition) is 2. The van der Waals surface area contributed by atoms with E-state index < -0.39 is 0 Å². The van der Waals surface area contributed by atoms with Gasteiger partial charge in [-0.05, 0) is 31.2 Å². The SMILES string of the molecule is CNCc1nnc(NCc2ccncc2C)o1.